The zero-order chi connectivity index (χ0) is 20.6. The van der Waals surface area contributed by atoms with Crippen LogP contribution in [0.2, 0.25) is 5.02 Å². The third-order valence-electron chi connectivity index (χ3n) is 4.64. The summed E-state index contributed by atoms with van der Waals surface area (Å²) < 4.78 is 0. The lowest BCUT2D eigenvalue weighted by Crippen LogP contribution is -2.43. The fraction of sp³-hybridized carbons (Fsp3) is 0.263. The van der Waals surface area contributed by atoms with E-state index in [4.69, 9.17) is 33.3 Å². The van der Waals surface area contributed by atoms with Crippen LogP contribution in [0.5, 0.6) is 0 Å². The number of benzene rings is 1. The highest BCUT2D eigenvalue weighted by Gasteiger charge is 2.34. The number of amides is 1. The van der Waals surface area contributed by atoms with E-state index in [-0.39, 0.29) is 18.1 Å². The van der Waals surface area contributed by atoms with Crippen LogP contribution in [0.15, 0.2) is 29.3 Å². The van der Waals surface area contributed by atoms with Gasteiger partial charge < -0.3 is 0 Å². The zero-order valence-electron chi connectivity index (χ0n) is 15.8. The standard InChI is InChI=1S/C19H21ClN6OS/c1-9-10(2)28-19-16(9)17(12-4-6-13(20)7-5-12)24-14(8-15(27)25-23)18(22)26(19)11(3)21/h4-7,14,21-22H,8,23H2,1-3H3,(H,25,27)/t14-/m0/s1. The molecule has 1 aromatic carbocycles. The van der Waals surface area contributed by atoms with Crippen LogP contribution in [0.25, 0.3) is 0 Å². The molecule has 1 aliphatic rings. The minimum absolute atomic E-state index is 0.0718. The van der Waals surface area contributed by atoms with Crippen LogP contribution in [-0.2, 0) is 4.79 Å². The summed E-state index contributed by atoms with van der Waals surface area (Å²) in [6, 6.07) is 6.53. The van der Waals surface area contributed by atoms with E-state index in [0.29, 0.717) is 10.7 Å². The third-order valence-corrected chi connectivity index (χ3v) is 6.09. The maximum Gasteiger partial charge on any atom is 0.236 e. The smallest absolute Gasteiger partial charge is 0.236 e. The van der Waals surface area contributed by atoms with Crippen molar-refractivity contribution in [2.45, 2.75) is 33.2 Å². The molecule has 0 radical (unpaired) electrons. The molecule has 7 nitrogen and oxygen atoms in total. The molecule has 1 aliphatic heterocycles. The van der Waals surface area contributed by atoms with Crippen LogP contribution >= 0.6 is 22.9 Å². The van der Waals surface area contributed by atoms with Gasteiger partial charge in [0.1, 0.15) is 22.7 Å². The van der Waals surface area contributed by atoms with Gasteiger partial charge >= 0.3 is 0 Å². The molecule has 0 unspecified atom stereocenters. The summed E-state index contributed by atoms with van der Waals surface area (Å²) in [5.41, 5.74) is 5.53. The minimum atomic E-state index is -0.770. The quantitative estimate of drug-likeness (QED) is 0.202. The molecule has 3 rings (SSSR count). The number of halogens is 1. The number of fused-ring (bicyclic) bond motifs is 1. The number of carbonyl (C=O) groups excluding carboxylic acids is 1. The van der Waals surface area contributed by atoms with Gasteiger partial charge in [0.2, 0.25) is 5.91 Å². The Labute approximate surface area is 172 Å². The molecule has 5 N–H and O–H groups in total. The number of nitrogens with two attached hydrogens (primary N) is 1. The van der Waals surface area contributed by atoms with Gasteiger partial charge in [0.25, 0.3) is 0 Å². The summed E-state index contributed by atoms with van der Waals surface area (Å²) >= 11 is 7.56. The largest absolute Gasteiger partial charge is 0.294 e. The van der Waals surface area contributed by atoms with Crippen molar-refractivity contribution in [1.29, 1.82) is 10.8 Å². The molecule has 1 atom stereocenters. The van der Waals surface area contributed by atoms with Gasteiger partial charge in [-0.1, -0.05) is 23.7 Å². The highest BCUT2D eigenvalue weighted by atomic mass is 35.5. The van der Waals surface area contributed by atoms with Crippen molar-refractivity contribution in [2.75, 3.05) is 4.90 Å². The molecular formula is C19H21ClN6OS. The molecule has 1 amide bonds. The first kappa shape index (κ1) is 20.2. The topological polar surface area (TPSA) is 118 Å². The number of rotatable bonds is 3. The lowest BCUT2D eigenvalue weighted by atomic mass is 9.99. The van der Waals surface area contributed by atoms with Crippen LogP contribution in [0.1, 0.15) is 34.9 Å². The molecule has 0 spiro atoms. The number of nitrogens with one attached hydrogen (secondary N) is 3. The first-order valence-electron chi connectivity index (χ1n) is 8.61. The van der Waals surface area contributed by atoms with Crippen LogP contribution < -0.4 is 16.2 Å². The normalized spacial score (nSPS) is 16.3. The highest BCUT2D eigenvalue weighted by molar-refractivity contribution is 7.17. The molecule has 1 aromatic heterocycles. The molecule has 0 saturated carbocycles. The van der Waals surface area contributed by atoms with Crippen molar-refractivity contribution in [3.05, 3.63) is 50.9 Å². The van der Waals surface area contributed by atoms with E-state index in [1.807, 2.05) is 26.0 Å². The molecular weight excluding hydrogens is 396 g/mol. The maximum atomic E-state index is 11.9. The van der Waals surface area contributed by atoms with Crippen LogP contribution in [-0.4, -0.2) is 29.3 Å². The van der Waals surface area contributed by atoms with Gasteiger partial charge in [-0.15, -0.1) is 11.3 Å². The summed E-state index contributed by atoms with van der Waals surface area (Å²) in [6.07, 6.45) is -0.0802. The summed E-state index contributed by atoms with van der Waals surface area (Å²) in [4.78, 5) is 19.4. The molecule has 0 fully saturated rings. The second kappa shape index (κ2) is 7.83. The number of thiophene rings is 1. The zero-order valence-corrected chi connectivity index (χ0v) is 17.3. The Hall–Kier alpha value is -2.55. The first-order valence-corrected chi connectivity index (χ1v) is 9.81. The first-order chi connectivity index (χ1) is 13.2. The fourth-order valence-corrected chi connectivity index (χ4v) is 4.47. The van der Waals surface area contributed by atoms with E-state index in [0.717, 1.165) is 26.6 Å². The van der Waals surface area contributed by atoms with Crippen LogP contribution in [0.3, 0.4) is 0 Å². The van der Waals surface area contributed by atoms with Crippen molar-refractivity contribution in [3.8, 4) is 0 Å². The summed E-state index contributed by atoms with van der Waals surface area (Å²) in [7, 11) is 0. The molecule has 146 valence electrons. The Bertz CT molecular complexity index is 995. The number of hydrazine groups is 1. The Kier molecular flexibility index (Phi) is 5.64. The van der Waals surface area contributed by atoms with Crippen molar-refractivity contribution >= 4 is 51.2 Å². The lowest BCUT2D eigenvalue weighted by Gasteiger charge is -2.24. The molecule has 2 heterocycles. The van der Waals surface area contributed by atoms with Crippen LogP contribution in [0.4, 0.5) is 5.00 Å². The number of hydrogen-bond donors (Lipinski definition) is 4. The number of anilines is 1. The van der Waals surface area contributed by atoms with E-state index in [2.05, 4.69) is 5.43 Å². The van der Waals surface area contributed by atoms with E-state index in [1.165, 1.54) is 11.3 Å². The van der Waals surface area contributed by atoms with Gasteiger partial charge in [0.15, 0.2) is 0 Å². The lowest BCUT2D eigenvalue weighted by molar-refractivity contribution is -0.121. The van der Waals surface area contributed by atoms with Crippen molar-refractivity contribution in [1.82, 2.24) is 5.43 Å². The molecule has 9 heteroatoms. The monoisotopic (exact) mass is 416 g/mol. The molecule has 0 saturated heterocycles. The van der Waals surface area contributed by atoms with E-state index in [9.17, 15) is 4.79 Å². The predicted octanol–water partition coefficient (Wildman–Crippen LogP) is 3.40. The fourth-order valence-electron chi connectivity index (χ4n) is 3.12. The highest BCUT2D eigenvalue weighted by Crippen LogP contribution is 2.40. The molecule has 0 bridgehead atoms. The number of amidine groups is 2. The van der Waals surface area contributed by atoms with Crippen molar-refractivity contribution in [3.63, 3.8) is 0 Å². The van der Waals surface area contributed by atoms with Gasteiger partial charge in [-0.25, -0.2) is 5.84 Å². The number of aryl methyl sites for hydroxylation is 1. The summed E-state index contributed by atoms with van der Waals surface area (Å²) in [5, 5.41) is 18.3. The van der Waals surface area contributed by atoms with E-state index in [1.54, 1.807) is 24.0 Å². The number of aliphatic imine (C=N–C) groups is 1. The van der Waals surface area contributed by atoms with Gasteiger partial charge in [-0.2, -0.15) is 0 Å². The van der Waals surface area contributed by atoms with Crippen molar-refractivity contribution < 1.29 is 4.79 Å². The Morgan fingerprint density at radius 2 is 2.00 bits per heavy atom. The molecule has 2 aromatic rings. The number of nitrogens with zero attached hydrogens (tertiary/aromatic N) is 2. The minimum Gasteiger partial charge on any atom is -0.294 e. The summed E-state index contributed by atoms with van der Waals surface area (Å²) in [5.74, 6) is 5.09. The number of carbonyl (C=O) groups is 1. The van der Waals surface area contributed by atoms with Gasteiger partial charge in [0, 0.05) is 21.0 Å². The van der Waals surface area contributed by atoms with Gasteiger partial charge in [-0.05, 0) is 38.5 Å². The maximum absolute atomic E-state index is 11.9. The van der Waals surface area contributed by atoms with E-state index < -0.39 is 11.9 Å². The SMILES string of the molecule is CC(=N)N1C(=N)[C@H](CC(=O)NN)N=C(c2ccc(Cl)cc2)c2c1sc(C)c2C. The Morgan fingerprint density at radius 3 is 2.57 bits per heavy atom. The van der Waals surface area contributed by atoms with Gasteiger partial charge in [-0.3, -0.25) is 30.9 Å². The van der Waals surface area contributed by atoms with Gasteiger partial charge in [0.05, 0.1) is 12.1 Å². The Balaban J connectivity index is 2.28. The van der Waals surface area contributed by atoms with Crippen molar-refractivity contribution in [2.24, 2.45) is 10.8 Å². The van der Waals surface area contributed by atoms with Crippen LogP contribution in [0, 0.1) is 24.7 Å². The summed E-state index contributed by atoms with van der Waals surface area (Å²) in [6.45, 7) is 5.63. The average molecular weight is 417 g/mol. The van der Waals surface area contributed by atoms with E-state index >= 15 is 0 Å². The number of hydrogen-bond acceptors (Lipinski definition) is 6. The molecule has 0 aliphatic carbocycles. The second-order valence-corrected chi connectivity index (χ2v) is 8.18. The average Bonchev–Trinajstić information content (AvgIpc) is 2.86. The predicted molar refractivity (Wildman–Crippen MR) is 115 cm³/mol. The molecule has 28 heavy (non-hydrogen) atoms. The second-order valence-electron chi connectivity index (χ2n) is 6.54. The third kappa shape index (κ3) is 3.58. The Morgan fingerprint density at radius 1 is 1.36 bits per heavy atom.